The van der Waals surface area contributed by atoms with Crippen LogP contribution in [0.2, 0.25) is 0 Å². The minimum atomic E-state index is 0.635. The van der Waals surface area contributed by atoms with Crippen LogP contribution < -0.4 is 20.1 Å². The van der Waals surface area contributed by atoms with Crippen molar-refractivity contribution in [1.29, 1.82) is 0 Å². The molecule has 1 aliphatic heterocycles. The Morgan fingerprint density at radius 1 is 1.15 bits per heavy atom. The standard InChI is InChI=1S/C22H29N3O2/c1-4-23-22(25-15-18-6-7-20(26-3)16(2)13-18)24-11-9-17-5-8-21-19(14-17)10-12-27-21/h5-8,13-14H,4,9-12,15H2,1-3H3,(H2,23,24,25). The first-order valence-corrected chi connectivity index (χ1v) is 9.60. The van der Waals surface area contributed by atoms with Crippen LogP contribution in [0.1, 0.15) is 29.2 Å². The van der Waals surface area contributed by atoms with Gasteiger partial charge in [0.15, 0.2) is 5.96 Å². The number of rotatable bonds is 7. The van der Waals surface area contributed by atoms with E-state index in [-0.39, 0.29) is 0 Å². The zero-order valence-corrected chi connectivity index (χ0v) is 16.5. The summed E-state index contributed by atoms with van der Waals surface area (Å²) in [7, 11) is 1.70. The fraction of sp³-hybridized carbons (Fsp3) is 0.409. The second-order valence-corrected chi connectivity index (χ2v) is 6.72. The molecule has 5 nitrogen and oxygen atoms in total. The maximum absolute atomic E-state index is 5.57. The lowest BCUT2D eigenvalue weighted by molar-refractivity contribution is 0.357. The van der Waals surface area contributed by atoms with E-state index in [0.717, 1.165) is 55.6 Å². The molecule has 0 spiro atoms. The predicted molar refractivity (Wildman–Crippen MR) is 110 cm³/mol. The molecule has 0 radical (unpaired) electrons. The molecule has 2 aromatic rings. The van der Waals surface area contributed by atoms with Crippen LogP contribution in [0.5, 0.6) is 11.5 Å². The zero-order chi connectivity index (χ0) is 19.1. The molecule has 1 heterocycles. The topological polar surface area (TPSA) is 54.9 Å². The molecule has 2 N–H and O–H groups in total. The first-order chi connectivity index (χ1) is 13.2. The number of benzene rings is 2. The van der Waals surface area contributed by atoms with Gasteiger partial charge in [-0.3, -0.25) is 0 Å². The molecule has 3 rings (SSSR count). The molecule has 0 saturated carbocycles. The van der Waals surface area contributed by atoms with Crippen LogP contribution in [-0.2, 0) is 19.4 Å². The summed E-state index contributed by atoms with van der Waals surface area (Å²) in [6.07, 6.45) is 1.97. The molecule has 0 fully saturated rings. The van der Waals surface area contributed by atoms with Crippen molar-refractivity contribution in [3.63, 3.8) is 0 Å². The highest BCUT2D eigenvalue weighted by atomic mass is 16.5. The van der Waals surface area contributed by atoms with E-state index >= 15 is 0 Å². The normalized spacial score (nSPS) is 13.1. The first-order valence-electron chi connectivity index (χ1n) is 9.60. The Kier molecular flexibility index (Phi) is 6.58. The fourth-order valence-corrected chi connectivity index (χ4v) is 3.27. The van der Waals surface area contributed by atoms with Gasteiger partial charge in [0.1, 0.15) is 11.5 Å². The van der Waals surface area contributed by atoms with Crippen molar-refractivity contribution in [1.82, 2.24) is 10.6 Å². The summed E-state index contributed by atoms with van der Waals surface area (Å²) in [4.78, 5) is 4.70. The van der Waals surface area contributed by atoms with Gasteiger partial charge in [-0.05, 0) is 54.7 Å². The predicted octanol–water partition coefficient (Wildman–Crippen LogP) is 3.24. The lowest BCUT2D eigenvalue weighted by Crippen LogP contribution is -2.38. The van der Waals surface area contributed by atoms with E-state index in [1.165, 1.54) is 16.7 Å². The average Bonchev–Trinajstić information content (AvgIpc) is 3.14. The third-order valence-electron chi connectivity index (χ3n) is 4.68. The van der Waals surface area contributed by atoms with E-state index in [4.69, 9.17) is 14.5 Å². The van der Waals surface area contributed by atoms with E-state index in [9.17, 15) is 0 Å². The van der Waals surface area contributed by atoms with E-state index < -0.39 is 0 Å². The van der Waals surface area contributed by atoms with Gasteiger partial charge < -0.3 is 20.1 Å². The number of nitrogens with zero attached hydrogens (tertiary/aromatic N) is 1. The summed E-state index contributed by atoms with van der Waals surface area (Å²) < 4.78 is 10.9. The number of aliphatic imine (C=N–C) groups is 1. The molecule has 0 aromatic heterocycles. The molecule has 2 aromatic carbocycles. The van der Waals surface area contributed by atoms with E-state index in [1.54, 1.807) is 7.11 Å². The van der Waals surface area contributed by atoms with Crippen molar-refractivity contribution in [2.75, 3.05) is 26.8 Å². The molecule has 0 unspecified atom stereocenters. The van der Waals surface area contributed by atoms with Crippen molar-refractivity contribution in [2.24, 2.45) is 4.99 Å². The second kappa shape index (κ2) is 9.31. The summed E-state index contributed by atoms with van der Waals surface area (Å²) in [5.41, 5.74) is 4.95. The minimum absolute atomic E-state index is 0.635. The van der Waals surface area contributed by atoms with Gasteiger partial charge >= 0.3 is 0 Å². The number of methoxy groups -OCH3 is 1. The summed E-state index contributed by atoms with van der Waals surface area (Å²) in [5, 5.41) is 6.74. The van der Waals surface area contributed by atoms with Crippen LogP contribution in [0.15, 0.2) is 41.4 Å². The molecule has 0 bridgehead atoms. The largest absolute Gasteiger partial charge is 0.496 e. The maximum Gasteiger partial charge on any atom is 0.191 e. The monoisotopic (exact) mass is 367 g/mol. The Bertz CT molecular complexity index is 802. The number of guanidine groups is 1. The molecule has 0 amide bonds. The Labute approximate surface area is 161 Å². The molecule has 0 atom stereocenters. The minimum Gasteiger partial charge on any atom is -0.496 e. The van der Waals surface area contributed by atoms with Crippen LogP contribution in [0.25, 0.3) is 0 Å². The zero-order valence-electron chi connectivity index (χ0n) is 16.5. The van der Waals surface area contributed by atoms with Gasteiger partial charge in [-0.25, -0.2) is 4.99 Å². The molecule has 5 heteroatoms. The average molecular weight is 367 g/mol. The Morgan fingerprint density at radius 3 is 2.78 bits per heavy atom. The van der Waals surface area contributed by atoms with Crippen LogP contribution in [-0.4, -0.2) is 32.8 Å². The molecule has 144 valence electrons. The molecule has 0 aliphatic carbocycles. The van der Waals surface area contributed by atoms with Crippen molar-refractivity contribution < 1.29 is 9.47 Å². The van der Waals surface area contributed by atoms with Crippen molar-refractivity contribution >= 4 is 5.96 Å². The van der Waals surface area contributed by atoms with Crippen molar-refractivity contribution in [2.45, 2.75) is 33.2 Å². The molecule has 1 aliphatic rings. The van der Waals surface area contributed by atoms with E-state index in [0.29, 0.717) is 6.54 Å². The highest BCUT2D eigenvalue weighted by Gasteiger charge is 2.11. The Balaban J connectivity index is 1.55. The Morgan fingerprint density at radius 2 is 2.00 bits per heavy atom. The SMILES string of the molecule is CCNC(=NCc1ccc(OC)c(C)c1)NCCc1ccc2c(c1)CCO2. The molecular weight excluding hydrogens is 338 g/mol. The van der Waals surface area contributed by atoms with Gasteiger partial charge in [-0.15, -0.1) is 0 Å². The third kappa shape index (κ3) is 5.16. The molecule has 0 saturated heterocycles. The van der Waals surface area contributed by atoms with Crippen LogP contribution in [0.4, 0.5) is 0 Å². The van der Waals surface area contributed by atoms with Gasteiger partial charge in [0.2, 0.25) is 0 Å². The number of hydrogen-bond donors (Lipinski definition) is 2. The maximum atomic E-state index is 5.57. The van der Waals surface area contributed by atoms with Crippen LogP contribution in [0, 0.1) is 6.92 Å². The quantitative estimate of drug-likeness (QED) is 0.583. The van der Waals surface area contributed by atoms with Gasteiger partial charge in [0.05, 0.1) is 20.3 Å². The molecule has 27 heavy (non-hydrogen) atoms. The highest BCUT2D eigenvalue weighted by molar-refractivity contribution is 5.79. The third-order valence-corrected chi connectivity index (χ3v) is 4.68. The van der Waals surface area contributed by atoms with Gasteiger partial charge in [0.25, 0.3) is 0 Å². The van der Waals surface area contributed by atoms with Crippen molar-refractivity contribution in [3.8, 4) is 11.5 Å². The number of hydrogen-bond acceptors (Lipinski definition) is 3. The number of ether oxygens (including phenoxy) is 2. The van der Waals surface area contributed by atoms with Gasteiger partial charge in [-0.2, -0.15) is 0 Å². The number of fused-ring (bicyclic) bond motifs is 1. The first kappa shape index (κ1) is 19.1. The number of nitrogens with one attached hydrogen (secondary N) is 2. The lowest BCUT2D eigenvalue weighted by Gasteiger charge is -2.12. The summed E-state index contributed by atoms with van der Waals surface area (Å²) in [6.45, 7) is 7.25. The van der Waals surface area contributed by atoms with E-state index in [2.05, 4.69) is 54.8 Å². The summed E-state index contributed by atoms with van der Waals surface area (Å²) >= 11 is 0. The summed E-state index contributed by atoms with van der Waals surface area (Å²) in [6, 6.07) is 12.7. The lowest BCUT2D eigenvalue weighted by atomic mass is 10.1. The molecular formula is C22H29N3O2. The van der Waals surface area contributed by atoms with Crippen molar-refractivity contribution in [3.05, 3.63) is 58.7 Å². The second-order valence-electron chi connectivity index (χ2n) is 6.72. The van der Waals surface area contributed by atoms with E-state index in [1.807, 2.05) is 6.07 Å². The number of aryl methyl sites for hydroxylation is 1. The fourth-order valence-electron chi connectivity index (χ4n) is 3.27. The smallest absolute Gasteiger partial charge is 0.191 e. The van der Waals surface area contributed by atoms with Gasteiger partial charge in [0, 0.05) is 19.5 Å². The summed E-state index contributed by atoms with van der Waals surface area (Å²) in [5.74, 6) is 2.79. The van der Waals surface area contributed by atoms with Crippen LogP contribution >= 0.6 is 0 Å². The van der Waals surface area contributed by atoms with Crippen LogP contribution in [0.3, 0.4) is 0 Å². The highest BCUT2D eigenvalue weighted by Crippen LogP contribution is 2.25. The van der Waals surface area contributed by atoms with Gasteiger partial charge in [-0.1, -0.05) is 24.3 Å². The Hall–Kier alpha value is -2.69.